The van der Waals surface area contributed by atoms with E-state index >= 15 is 0 Å². The number of benzene rings is 1. The second kappa shape index (κ2) is 8.73. The maximum atomic E-state index is 13.0. The maximum absolute atomic E-state index is 13.0. The van der Waals surface area contributed by atoms with Gasteiger partial charge in [0.05, 0.1) is 18.8 Å². The van der Waals surface area contributed by atoms with Crippen LogP contribution in [0.3, 0.4) is 0 Å². The number of rotatable bonds is 5. The van der Waals surface area contributed by atoms with Crippen LogP contribution in [-0.4, -0.2) is 89.7 Å². The topological polar surface area (TPSA) is 82.5 Å². The third-order valence-electron chi connectivity index (χ3n) is 5.42. The molecule has 1 aromatic carbocycles. The van der Waals surface area contributed by atoms with Gasteiger partial charge in [-0.05, 0) is 37.1 Å². The van der Waals surface area contributed by atoms with Gasteiger partial charge in [-0.2, -0.15) is 0 Å². The van der Waals surface area contributed by atoms with Crippen molar-refractivity contribution in [3.05, 3.63) is 30.1 Å². The molecule has 3 rings (SSSR count). The highest BCUT2D eigenvalue weighted by molar-refractivity contribution is 5.73. The first-order valence-corrected chi connectivity index (χ1v) is 9.66. The molecule has 2 N–H and O–H groups in total. The Hall–Kier alpha value is -1.74. The van der Waals surface area contributed by atoms with E-state index in [9.17, 15) is 19.4 Å². The molecule has 2 heterocycles. The number of ether oxygens (including phenoxy) is 2. The van der Waals surface area contributed by atoms with Gasteiger partial charge in [0, 0.05) is 39.6 Å². The van der Waals surface area contributed by atoms with Crippen molar-refractivity contribution in [2.45, 2.75) is 31.0 Å². The Morgan fingerprint density at radius 2 is 1.86 bits per heavy atom. The van der Waals surface area contributed by atoms with E-state index in [1.807, 2.05) is 4.90 Å². The van der Waals surface area contributed by atoms with Crippen LogP contribution in [0.4, 0.5) is 4.39 Å². The van der Waals surface area contributed by atoms with Crippen molar-refractivity contribution in [2.24, 2.45) is 0 Å². The van der Waals surface area contributed by atoms with Crippen molar-refractivity contribution >= 4 is 5.91 Å². The molecule has 1 aromatic rings. The molecular weight excluding hydrogens is 367 g/mol. The van der Waals surface area contributed by atoms with Gasteiger partial charge in [0.25, 0.3) is 0 Å². The van der Waals surface area contributed by atoms with Gasteiger partial charge in [-0.15, -0.1) is 0 Å². The van der Waals surface area contributed by atoms with Crippen molar-refractivity contribution in [2.75, 3.05) is 52.5 Å². The number of β-amino-alcohol motifs (C(OH)–C–C–N with tert-alkyl or cyclic N) is 2. The summed E-state index contributed by atoms with van der Waals surface area (Å²) < 4.78 is 24.2. The summed E-state index contributed by atoms with van der Waals surface area (Å²) in [6, 6.07) is 5.63. The highest BCUT2D eigenvalue weighted by Gasteiger charge is 2.39. The zero-order valence-corrected chi connectivity index (χ0v) is 16.3. The summed E-state index contributed by atoms with van der Waals surface area (Å²) >= 11 is 0. The summed E-state index contributed by atoms with van der Waals surface area (Å²) in [5.41, 5.74) is -2.13. The van der Waals surface area contributed by atoms with Crippen LogP contribution in [0.5, 0.6) is 5.75 Å². The number of halogens is 1. The lowest BCUT2D eigenvalue weighted by Gasteiger charge is -2.41. The van der Waals surface area contributed by atoms with Crippen molar-refractivity contribution in [3.63, 3.8) is 0 Å². The zero-order valence-electron chi connectivity index (χ0n) is 16.3. The van der Waals surface area contributed by atoms with Crippen molar-refractivity contribution in [3.8, 4) is 5.75 Å². The molecule has 28 heavy (non-hydrogen) atoms. The molecule has 0 spiro atoms. The number of nitrogens with zero attached hydrogens (tertiary/aromatic N) is 2. The zero-order chi connectivity index (χ0) is 20.2. The normalized spacial score (nSPS) is 25.9. The molecule has 8 heteroatoms. The van der Waals surface area contributed by atoms with E-state index in [4.69, 9.17) is 9.47 Å². The molecule has 1 atom stereocenters. The summed E-state index contributed by atoms with van der Waals surface area (Å²) in [6.07, 6.45) is 1.02. The first-order valence-electron chi connectivity index (χ1n) is 9.66. The lowest BCUT2D eigenvalue weighted by molar-refractivity contribution is -0.134. The quantitative estimate of drug-likeness (QED) is 0.760. The number of piperidine rings is 1. The Bertz CT molecular complexity index is 663. The predicted molar refractivity (Wildman–Crippen MR) is 101 cm³/mol. The molecule has 7 nitrogen and oxygen atoms in total. The molecule has 2 saturated heterocycles. The molecule has 0 unspecified atom stereocenters. The van der Waals surface area contributed by atoms with Gasteiger partial charge < -0.3 is 24.6 Å². The number of hydrogen-bond acceptors (Lipinski definition) is 6. The molecule has 0 aromatic heterocycles. The van der Waals surface area contributed by atoms with Gasteiger partial charge in [-0.25, -0.2) is 4.39 Å². The van der Waals surface area contributed by atoms with E-state index in [-0.39, 0.29) is 24.9 Å². The van der Waals surface area contributed by atoms with Crippen LogP contribution >= 0.6 is 0 Å². The highest BCUT2D eigenvalue weighted by Crippen LogP contribution is 2.25. The van der Waals surface area contributed by atoms with Gasteiger partial charge in [-0.1, -0.05) is 0 Å². The van der Waals surface area contributed by atoms with E-state index in [0.29, 0.717) is 57.9 Å². The van der Waals surface area contributed by atoms with E-state index in [0.717, 1.165) is 0 Å². The predicted octanol–water partition coefficient (Wildman–Crippen LogP) is 0.641. The van der Waals surface area contributed by atoms with Crippen LogP contribution in [0.25, 0.3) is 0 Å². The molecule has 1 amide bonds. The van der Waals surface area contributed by atoms with Crippen LogP contribution in [-0.2, 0) is 9.53 Å². The van der Waals surface area contributed by atoms with Gasteiger partial charge in [0.1, 0.15) is 23.8 Å². The minimum atomic E-state index is -1.23. The van der Waals surface area contributed by atoms with Gasteiger partial charge in [0.2, 0.25) is 5.91 Å². The Morgan fingerprint density at radius 1 is 1.18 bits per heavy atom. The average Bonchev–Trinajstić information content (AvgIpc) is 2.83. The van der Waals surface area contributed by atoms with Crippen molar-refractivity contribution < 1.29 is 28.9 Å². The number of carbonyl (C=O) groups excluding carboxylic acids is 1. The Kier molecular flexibility index (Phi) is 6.54. The number of amides is 1. The Labute approximate surface area is 164 Å². The van der Waals surface area contributed by atoms with Gasteiger partial charge in [0.15, 0.2) is 0 Å². The maximum Gasteiger partial charge on any atom is 0.219 e. The summed E-state index contributed by atoms with van der Waals surface area (Å²) in [4.78, 5) is 15.2. The third kappa shape index (κ3) is 5.64. The molecule has 0 radical (unpaired) electrons. The SMILES string of the molecule is CC(=O)N1CCC(O)(CN2CCOC[C@@](O)(COc3ccc(F)cc3)C2)CC1. The summed E-state index contributed by atoms with van der Waals surface area (Å²) in [7, 11) is 0. The molecule has 156 valence electrons. The average molecular weight is 396 g/mol. The van der Waals surface area contributed by atoms with E-state index < -0.39 is 11.2 Å². The van der Waals surface area contributed by atoms with E-state index in [2.05, 4.69) is 0 Å². The molecule has 2 aliphatic rings. The largest absolute Gasteiger partial charge is 0.490 e. The van der Waals surface area contributed by atoms with E-state index in [1.165, 1.54) is 31.2 Å². The first kappa shape index (κ1) is 21.0. The Morgan fingerprint density at radius 3 is 2.50 bits per heavy atom. The summed E-state index contributed by atoms with van der Waals surface area (Å²) in [6.45, 7) is 4.49. The van der Waals surface area contributed by atoms with Crippen molar-refractivity contribution in [1.82, 2.24) is 9.80 Å². The standard InChI is InChI=1S/C20H29FN2O5/c1-16(24)23-8-6-19(25,7-9-23)12-22-10-11-27-14-20(26,13-22)15-28-18-4-2-17(21)3-5-18/h2-5,25-26H,6-15H2,1H3/t20-/m1/s1. The minimum absolute atomic E-state index is 0.00563. The fourth-order valence-electron chi connectivity index (χ4n) is 3.78. The molecule has 2 aliphatic heterocycles. The van der Waals surface area contributed by atoms with Crippen LogP contribution in [0.2, 0.25) is 0 Å². The summed E-state index contributed by atoms with van der Waals surface area (Å²) in [5.74, 6) is 0.150. The second-order valence-corrected chi connectivity index (χ2v) is 7.96. The van der Waals surface area contributed by atoms with Crippen molar-refractivity contribution in [1.29, 1.82) is 0 Å². The second-order valence-electron chi connectivity index (χ2n) is 7.96. The van der Waals surface area contributed by atoms with Crippen LogP contribution in [0.15, 0.2) is 24.3 Å². The number of carbonyl (C=O) groups is 1. The molecule has 2 fully saturated rings. The Balaban J connectivity index is 1.56. The molecule has 0 aliphatic carbocycles. The fourth-order valence-corrected chi connectivity index (χ4v) is 3.78. The van der Waals surface area contributed by atoms with Crippen LogP contribution in [0, 0.1) is 5.82 Å². The number of hydrogen-bond donors (Lipinski definition) is 2. The number of likely N-dealkylation sites (tertiary alicyclic amines) is 1. The molecular formula is C20H29FN2O5. The monoisotopic (exact) mass is 396 g/mol. The van der Waals surface area contributed by atoms with Gasteiger partial charge >= 0.3 is 0 Å². The molecule has 0 saturated carbocycles. The van der Waals surface area contributed by atoms with E-state index in [1.54, 1.807) is 4.90 Å². The number of aliphatic hydroxyl groups is 2. The third-order valence-corrected chi connectivity index (χ3v) is 5.42. The minimum Gasteiger partial charge on any atom is -0.490 e. The van der Waals surface area contributed by atoms with Crippen LogP contribution in [0.1, 0.15) is 19.8 Å². The van der Waals surface area contributed by atoms with Gasteiger partial charge in [-0.3, -0.25) is 9.69 Å². The molecule has 0 bridgehead atoms. The summed E-state index contributed by atoms with van der Waals surface area (Å²) in [5, 5.41) is 21.9. The van der Waals surface area contributed by atoms with Crippen LogP contribution < -0.4 is 4.74 Å². The lowest BCUT2D eigenvalue weighted by Crippen LogP contribution is -2.55. The lowest BCUT2D eigenvalue weighted by atomic mass is 9.90. The highest BCUT2D eigenvalue weighted by atomic mass is 19.1. The first-order chi connectivity index (χ1) is 13.3. The smallest absolute Gasteiger partial charge is 0.219 e. The fraction of sp³-hybridized carbons (Fsp3) is 0.650.